The van der Waals surface area contributed by atoms with Gasteiger partial charge in [0.1, 0.15) is 5.82 Å². The van der Waals surface area contributed by atoms with Gasteiger partial charge in [-0.1, -0.05) is 6.07 Å². The summed E-state index contributed by atoms with van der Waals surface area (Å²) in [6.07, 6.45) is -5.02. The second kappa shape index (κ2) is 5.71. The maximum Gasteiger partial charge on any atom is 0.389 e. The Morgan fingerprint density at radius 3 is 2.70 bits per heavy atom. The van der Waals surface area contributed by atoms with Crippen molar-refractivity contribution in [2.24, 2.45) is 0 Å². The first-order valence-electron chi connectivity index (χ1n) is 5.94. The van der Waals surface area contributed by atoms with Crippen LogP contribution in [0.25, 0.3) is 15.9 Å². The summed E-state index contributed by atoms with van der Waals surface area (Å²) >= 11 is 5.78. The molecule has 0 bridgehead atoms. The third-order valence-electron chi connectivity index (χ3n) is 2.90. The average Bonchev–Trinajstić information content (AvgIpc) is 2.74. The van der Waals surface area contributed by atoms with Crippen LogP contribution in [0.2, 0.25) is 0 Å². The van der Waals surface area contributed by atoms with Gasteiger partial charge in [-0.3, -0.25) is 0 Å². The Kier molecular flexibility index (Phi) is 4.19. The highest BCUT2D eigenvalue weighted by molar-refractivity contribution is 6.16. The summed E-state index contributed by atoms with van der Waals surface area (Å²) in [6, 6.07) is 4.92. The molecule has 7 heteroatoms. The van der Waals surface area contributed by atoms with E-state index in [4.69, 9.17) is 18.2 Å². The normalized spacial score (nSPS) is 11.8. The van der Waals surface area contributed by atoms with E-state index in [9.17, 15) is 13.2 Å². The van der Waals surface area contributed by atoms with E-state index in [1.165, 1.54) is 0 Å². The SMILES string of the molecule is [C-]#[N+]c1ccc2c(c1)nc(CCl)n2CCCC(F)(F)F. The molecule has 0 N–H and O–H groups in total. The predicted octanol–water partition coefficient (Wildman–Crippen LogP) is 4.67. The number of aromatic nitrogens is 2. The number of nitrogens with zero attached hydrogens (tertiary/aromatic N) is 3. The molecule has 106 valence electrons. The van der Waals surface area contributed by atoms with Crippen LogP contribution in [0.1, 0.15) is 18.7 Å². The maximum atomic E-state index is 12.2. The monoisotopic (exact) mass is 301 g/mol. The second-order valence-corrected chi connectivity index (χ2v) is 4.58. The molecule has 0 aliphatic heterocycles. The lowest BCUT2D eigenvalue weighted by atomic mass is 10.2. The largest absolute Gasteiger partial charge is 0.389 e. The molecule has 1 aromatic heterocycles. The third kappa shape index (κ3) is 3.23. The minimum Gasteiger partial charge on any atom is -0.327 e. The molecule has 0 unspecified atom stereocenters. The van der Waals surface area contributed by atoms with E-state index in [-0.39, 0.29) is 18.8 Å². The van der Waals surface area contributed by atoms with Crippen LogP contribution in [-0.2, 0) is 12.4 Å². The lowest BCUT2D eigenvalue weighted by Gasteiger charge is -2.09. The number of fused-ring (bicyclic) bond motifs is 1. The van der Waals surface area contributed by atoms with Gasteiger partial charge in [-0.05, 0) is 18.6 Å². The Morgan fingerprint density at radius 2 is 2.10 bits per heavy atom. The second-order valence-electron chi connectivity index (χ2n) is 4.32. The zero-order valence-electron chi connectivity index (χ0n) is 10.4. The highest BCUT2D eigenvalue weighted by Gasteiger charge is 2.26. The summed E-state index contributed by atoms with van der Waals surface area (Å²) < 4.78 is 38.3. The number of benzene rings is 1. The summed E-state index contributed by atoms with van der Waals surface area (Å²) in [7, 11) is 0. The van der Waals surface area contributed by atoms with E-state index in [2.05, 4.69) is 9.83 Å². The van der Waals surface area contributed by atoms with Gasteiger partial charge in [0.25, 0.3) is 0 Å². The Hall–Kier alpha value is -1.74. The molecule has 1 aromatic carbocycles. The highest BCUT2D eigenvalue weighted by Crippen LogP contribution is 2.26. The van der Waals surface area contributed by atoms with E-state index in [1.54, 1.807) is 22.8 Å². The first-order chi connectivity index (χ1) is 9.44. The van der Waals surface area contributed by atoms with Crippen molar-refractivity contribution < 1.29 is 13.2 Å². The quantitative estimate of drug-likeness (QED) is 0.594. The molecule has 0 aliphatic carbocycles. The van der Waals surface area contributed by atoms with Crippen molar-refractivity contribution >= 4 is 28.3 Å². The van der Waals surface area contributed by atoms with Crippen molar-refractivity contribution in [1.29, 1.82) is 0 Å². The zero-order valence-corrected chi connectivity index (χ0v) is 11.2. The zero-order chi connectivity index (χ0) is 14.8. The Labute approximate surface area is 118 Å². The summed E-state index contributed by atoms with van der Waals surface area (Å²) in [5.74, 6) is 0.639. The smallest absolute Gasteiger partial charge is 0.327 e. The van der Waals surface area contributed by atoms with Gasteiger partial charge in [0.2, 0.25) is 0 Å². The topological polar surface area (TPSA) is 22.2 Å². The molecule has 0 spiro atoms. The molecular formula is C13H11ClF3N3. The molecule has 1 heterocycles. The number of hydrogen-bond acceptors (Lipinski definition) is 1. The fraction of sp³-hybridized carbons (Fsp3) is 0.385. The fourth-order valence-electron chi connectivity index (χ4n) is 2.03. The summed E-state index contributed by atoms with van der Waals surface area (Å²) in [4.78, 5) is 7.56. The van der Waals surface area contributed by atoms with Crippen molar-refractivity contribution in [3.63, 3.8) is 0 Å². The van der Waals surface area contributed by atoms with Crippen LogP contribution in [-0.4, -0.2) is 15.7 Å². The third-order valence-corrected chi connectivity index (χ3v) is 3.14. The van der Waals surface area contributed by atoms with E-state index >= 15 is 0 Å². The summed E-state index contributed by atoms with van der Waals surface area (Å²) in [5.41, 5.74) is 1.73. The van der Waals surface area contributed by atoms with Crippen molar-refractivity contribution in [2.45, 2.75) is 31.4 Å². The number of alkyl halides is 4. The number of hydrogen-bond donors (Lipinski definition) is 0. The van der Waals surface area contributed by atoms with Gasteiger partial charge in [-0.15, -0.1) is 11.6 Å². The van der Waals surface area contributed by atoms with Crippen LogP contribution in [0.15, 0.2) is 18.2 Å². The first-order valence-corrected chi connectivity index (χ1v) is 6.47. The summed E-state index contributed by atoms with van der Waals surface area (Å²) in [6.45, 7) is 7.15. The highest BCUT2D eigenvalue weighted by atomic mass is 35.5. The van der Waals surface area contributed by atoms with Gasteiger partial charge >= 0.3 is 6.18 Å². The average molecular weight is 302 g/mol. The number of halogens is 4. The van der Waals surface area contributed by atoms with Crippen LogP contribution in [0.4, 0.5) is 18.9 Å². The van der Waals surface area contributed by atoms with Crippen molar-refractivity contribution in [3.8, 4) is 0 Å². The van der Waals surface area contributed by atoms with E-state index < -0.39 is 12.6 Å². The molecule has 0 saturated heterocycles. The molecule has 0 radical (unpaired) electrons. The minimum atomic E-state index is -4.16. The van der Waals surface area contributed by atoms with Crippen LogP contribution in [0.5, 0.6) is 0 Å². The first kappa shape index (κ1) is 14.7. The molecule has 20 heavy (non-hydrogen) atoms. The van der Waals surface area contributed by atoms with E-state index in [0.717, 1.165) is 0 Å². The Balaban J connectivity index is 2.29. The van der Waals surface area contributed by atoms with Crippen molar-refractivity contribution in [2.75, 3.05) is 0 Å². The van der Waals surface area contributed by atoms with Gasteiger partial charge in [0, 0.05) is 13.0 Å². The van der Waals surface area contributed by atoms with Crippen LogP contribution >= 0.6 is 11.6 Å². The molecule has 0 aliphatic rings. The van der Waals surface area contributed by atoms with Crippen LogP contribution in [0, 0.1) is 6.57 Å². The van der Waals surface area contributed by atoms with Gasteiger partial charge in [-0.25, -0.2) is 9.83 Å². The van der Waals surface area contributed by atoms with Gasteiger partial charge in [-0.2, -0.15) is 13.2 Å². The lowest BCUT2D eigenvalue weighted by molar-refractivity contribution is -0.135. The maximum absolute atomic E-state index is 12.2. The molecule has 0 atom stereocenters. The van der Waals surface area contributed by atoms with Crippen molar-refractivity contribution in [3.05, 3.63) is 35.4 Å². The van der Waals surface area contributed by atoms with Crippen LogP contribution < -0.4 is 0 Å². The molecule has 2 aromatic rings. The predicted molar refractivity (Wildman–Crippen MR) is 70.8 cm³/mol. The van der Waals surface area contributed by atoms with Gasteiger partial charge < -0.3 is 4.57 Å². The van der Waals surface area contributed by atoms with E-state index in [0.29, 0.717) is 22.5 Å². The molecule has 0 saturated carbocycles. The van der Waals surface area contributed by atoms with Crippen molar-refractivity contribution in [1.82, 2.24) is 9.55 Å². The lowest BCUT2D eigenvalue weighted by Crippen LogP contribution is -2.10. The fourth-order valence-corrected chi connectivity index (χ4v) is 2.23. The minimum absolute atomic E-state index is 0.0244. The molecule has 3 nitrogen and oxygen atoms in total. The van der Waals surface area contributed by atoms with Gasteiger partial charge in [0.15, 0.2) is 5.69 Å². The summed E-state index contributed by atoms with van der Waals surface area (Å²) in [5, 5.41) is 0. The molecule has 0 fully saturated rings. The number of imidazole rings is 1. The van der Waals surface area contributed by atoms with Gasteiger partial charge in [0.05, 0.1) is 23.5 Å². The molecular weight excluding hydrogens is 291 g/mol. The Bertz CT molecular complexity index is 655. The standard InChI is InChI=1S/C13H11ClF3N3/c1-18-9-3-4-11-10(7-9)19-12(8-14)20(11)6-2-5-13(15,16)17/h3-4,7H,2,5-6,8H2. The molecule has 2 rings (SSSR count). The van der Waals surface area contributed by atoms with E-state index in [1.807, 2.05) is 0 Å². The number of aryl methyl sites for hydroxylation is 1. The van der Waals surface area contributed by atoms with Crippen LogP contribution in [0.3, 0.4) is 0 Å². The number of rotatable bonds is 4. The Morgan fingerprint density at radius 1 is 1.35 bits per heavy atom. The molecule has 0 amide bonds.